The highest BCUT2D eigenvalue weighted by Crippen LogP contribution is 2.30. The molecule has 0 saturated carbocycles. The summed E-state index contributed by atoms with van der Waals surface area (Å²) in [5.74, 6) is 1.91. The molecule has 1 atom stereocenters. The molecule has 1 saturated heterocycles. The number of epoxide rings is 1. The van der Waals surface area contributed by atoms with E-state index in [2.05, 4.69) is 117 Å². The van der Waals surface area contributed by atoms with Crippen molar-refractivity contribution in [1.29, 1.82) is 0 Å². The molecule has 2 aromatic carbocycles. The maximum atomic E-state index is 5.05. The molecule has 3 rings (SSSR count). The smallest absolute Gasteiger partial charge is 0.116 e. The molecule has 2 nitrogen and oxygen atoms in total. The molecule has 35 heavy (non-hydrogen) atoms. The molecule has 1 fully saturated rings. The van der Waals surface area contributed by atoms with Gasteiger partial charge in [-0.1, -0.05) is 142 Å². The van der Waals surface area contributed by atoms with Gasteiger partial charge in [0.2, 0.25) is 0 Å². The van der Waals surface area contributed by atoms with Crippen LogP contribution in [0.1, 0.15) is 93.2 Å². The topological polar surface area (TPSA) is 21.8 Å². The molecule has 1 aliphatic heterocycles. The molecule has 0 spiro atoms. The van der Waals surface area contributed by atoms with Crippen molar-refractivity contribution < 1.29 is 9.47 Å². The fourth-order valence-electron chi connectivity index (χ4n) is 2.45. The van der Waals surface area contributed by atoms with Gasteiger partial charge in [0.05, 0.1) is 12.4 Å². The second-order valence-electron chi connectivity index (χ2n) is 10.8. The summed E-state index contributed by atoms with van der Waals surface area (Å²) in [4.78, 5) is 0. The molecule has 0 amide bonds. The lowest BCUT2D eigenvalue weighted by Crippen LogP contribution is -2.01. The maximum Gasteiger partial charge on any atom is 0.116 e. The average Bonchev–Trinajstić information content (AvgIpc) is 3.59. The normalized spacial score (nSPS) is 13.3. The monoisotopic (exact) mass is 482 g/mol. The van der Waals surface area contributed by atoms with Gasteiger partial charge in [0.1, 0.15) is 12.7 Å². The Morgan fingerprint density at radius 3 is 1.40 bits per heavy atom. The van der Waals surface area contributed by atoms with Gasteiger partial charge in [0.25, 0.3) is 0 Å². The van der Waals surface area contributed by atoms with Crippen LogP contribution in [0.15, 0.2) is 85.2 Å². The maximum absolute atomic E-state index is 5.05. The second-order valence-corrected chi connectivity index (χ2v) is 10.8. The molecular formula is C33H54O2. The van der Waals surface area contributed by atoms with Crippen molar-refractivity contribution in [2.24, 2.45) is 11.3 Å². The van der Waals surface area contributed by atoms with Crippen molar-refractivity contribution in [1.82, 2.24) is 0 Å². The first-order valence-electron chi connectivity index (χ1n) is 13.0. The third kappa shape index (κ3) is 24.6. The number of hydrogen-bond acceptors (Lipinski definition) is 2. The van der Waals surface area contributed by atoms with E-state index < -0.39 is 0 Å². The van der Waals surface area contributed by atoms with Crippen molar-refractivity contribution in [3.8, 4) is 0 Å². The minimum Gasteiger partial charge on any atom is -0.496 e. The molecule has 1 aliphatic rings. The average molecular weight is 483 g/mol. The molecule has 198 valence electrons. The van der Waals surface area contributed by atoms with E-state index in [9.17, 15) is 0 Å². The highest BCUT2D eigenvalue weighted by atomic mass is 16.6. The highest BCUT2D eigenvalue weighted by molar-refractivity contribution is 5.39. The Bertz CT molecular complexity index is 717. The van der Waals surface area contributed by atoms with Gasteiger partial charge in [-0.05, 0) is 36.3 Å². The lowest BCUT2D eigenvalue weighted by Gasteiger charge is -2.18. The van der Waals surface area contributed by atoms with Crippen LogP contribution in [0.4, 0.5) is 0 Å². The van der Waals surface area contributed by atoms with Gasteiger partial charge < -0.3 is 9.47 Å². The molecule has 0 bridgehead atoms. The third-order valence-corrected chi connectivity index (χ3v) is 3.68. The van der Waals surface area contributed by atoms with Crippen LogP contribution in [0.2, 0.25) is 0 Å². The van der Waals surface area contributed by atoms with E-state index in [0.717, 1.165) is 18.3 Å². The summed E-state index contributed by atoms with van der Waals surface area (Å²) in [5.41, 5.74) is 4.29. The van der Waals surface area contributed by atoms with E-state index in [-0.39, 0.29) is 0 Å². The third-order valence-electron chi connectivity index (χ3n) is 3.68. The molecule has 0 N–H and O–H groups in total. The molecule has 0 aromatic heterocycles. The minimum absolute atomic E-state index is 0.308. The Labute approximate surface area is 218 Å². The summed E-state index contributed by atoms with van der Waals surface area (Å²) < 4.78 is 9.94. The number of allylic oxidation sites excluding steroid dienone is 2. The fourth-order valence-corrected chi connectivity index (χ4v) is 2.45. The van der Waals surface area contributed by atoms with Gasteiger partial charge in [-0.3, -0.25) is 0 Å². The zero-order valence-electron chi connectivity index (χ0n) is 24.7. The van der Waals surface area contributed by atoms with E-state index in [1.807, 2.05) is 32.9 Å². The molecule has 1 unspecified atom stereocenters. The van der Waals surface area contributed by atoms with Crippen molar-refractivity contribution >= 4 is 0 Å². The number of rotatable bonds is 6. The van der Waals surface area contributed by atoms with E-state index in [4.69, 9.17) is 9.47 Å². The lowest BCUT2D eigenvalue weighted by molar-refractivity contribution is 0.186. The molecule has 0 aliphatic carbocycles. The van der Waals surface area contributed by atoms with Crippen molar-refractivity contribution in [3.05, 3.63) is 96.3 Å². The van der Waals surface area contributed by atoms with Crippen LogP contribution in [0.3, 0.4) is 0 Å². The van der Waals surface area contributed by atoms with Gasteiger partial charge in [0, 0.05) is 5.92 Å². The minimum atomic E-state index is 0.308. The van der Waals surface area contributed by atoms with Gasteiger partial charge in [0.15, 0.2) is 0 Å². The fraction of sp³-hybridized carbons (Fsp3) is 0.515. The Morgan fingerprint density at radius 2 is 1.17 bits per heavy atom. The summed E-state index contributed by atoms with van der Waals surface area (Å²) in [7, 11) is 0. The van der Waals surface area contributed by atoms with E-state index >= 15 is 0 Å². The predicted molar refractivity (Wildman–Crippen MR) is 157 cm³/mol. The Hall–Kier alpha value is -2.32. The van der Waals surface area contributed by atoms with E-state index in [1.165, 1.54) is 16.7 Å². The summed E-state index contributed by atoms with van der Waals surface area (Å²) in [6.45, 7) is 32.4. The first-order valence-corrected chi connectivity index (χ1v) is 13.0. The number of hydrogen-bond donors (Lipinski definition) is 0. The van der Waals surface area contributed by atoms with E-state index in [1.54, 1.807) is 0 Å². The molecular weight excluding hydrogens is 428 g/mol. The Morgan fingerprint density at radius 1 is 0.857 bits per heavy atom. The van der Waals surface area contributed by atoms with Crippen LogP contribution in [0.25, 0.3) is 0 Å². The van der Waals surface area contributed by atoms with Gasteiger partial charge >= 0.3 is 0 Å². The van der Waals surface area contributed by atoms with Gasteiger partial charge in [-0.15, -0.1) is 0 Å². The summed E-state index contributed by atoms with van der Waals surface area (Å²) in [6.07, 6.45) is 0.353. The van der Waals surface area contributed by atoms with Crippen molar-refractivity contribution in [2.75, 3.05) is 13.2 Å². The van der Waals surface area contributed by atoms with Crippen LogP contribution in [0, 0.1) is 11.3 Å². The van der Waals surface area contributed by atoms with Crippen LogP contribution >= 0.6 is 0 Å². The number of benzene rings is 2. The summed E-state index contributed by atoms with van der Waals surface area (Å²) in [5, 5.41) is 0. The first kappa shape index (κ1) is 34.8. The summed E-state index contributed by atoms with van der Waals surface area (Å²) in [6, 6.07) is 21.0. The van der Waals surface area contributed by atoms with Gasteiger partial charge in [-0.2, -0.15) is 0 Å². The zero-order chi connectivity index (χ0) is 27.4. The predicted octanol–water partition coefficient (Wildman–Crippen LogP) is 10.1. The van der Waals surface area contributed by atoms with Crippen LogP contribution < -0.4 is 0 Å². The van der Waals surface area contributed by atoms with Crippen LogP contribution in [-0.2, 0) is 9.47 Å². The standard InChI is InChI=1S/C16H16.C6H10O2.C5H12.C4H10.C2H6/c1-13(2)16(14-9-5-3-6-10-14)15-11-7-4-8-12-15;1-5(2)7-3-6-4-8-6;1-5(2,3)4;1-4(2)3;1-2/h3-12,16H,1H2,2H3;6H,1,3-4H2,2H3;1-4H3;4H,1-3H3;1-2H3. The Kier molecular flexibility index (Phi) is 19.8. The van der Waals surface area contributed by atoms with Crippen molar-refractivity contribution in [3.63, 3.8) is 0 Å². The van der Waals surface area contributed by atoms with Crippen molar-refractivity contribution in [2.45, 2.75) is 88.2 Å². The first-order chi connectivity index (χ1) is 16.3. The quantitative estimate of drug-likeness (QED) is 0.232. The van der Waals surface area contributed by atoms with E-state index in [0.29, 0.717) is 24.0 Å². The lowest BCUT2D eigenvalue weighted by atomic mass is 9.86. The molecule has 2 heteroatoms. The summed E-state index contributed by atoms with van der Waals surface area (Å²) >= 11 is 0. The second kappa shape index (κ2) is 19.9. The van der Waals surface area contributed by atoms with Crippen LogP contribution in [0.5, 0.6) is 0 Å². The molecule has 2 aromatic rings. The highest BCUT2D eigenvalue weighted by Gasteiger charge is 2.22. The number of ether oxygens (including phenoxy) is 2. The molecule has 1 heterocycles. The van der Waals surface area contributed by atoms with Crippen LogP contribution in [-0.4, -0.2) is 19.3 Å². The Balaban J connectivity index is 0. The van der Waals surface area contributed by atoms with Gasteiger partial charge in [-0.25, -0.2) is 0 Å². The SMILES string of the molecule is C=C(C)C(c1ccccc1)c1ccccc1.C=C(C)OCC1CO1.CC.CC(C)(C)C.CC(C)C. The molecule has 0 radical (unpaired) electrons. The zero-order valence-corrected chi connectivity index (χ0v) is 24.7. The largest absolute Gasteiger partial charge is 0.496 e.